The number of H-pyrrole nitrogens is 1. The molecule has 0 unspecified atom stereocenters. The predicted molar refractivity (Wildman–Crippen MR) is 93.2 cm³/mol. The number of hydrogen-bond acceptors (Lipinski definition) is 5. The highest BCUT2D eigenvalue weighted by molar-refractivity contribution is 5.47. The van der Waals surface area contributed by atoms with Crippen LogP contribution in [-0.2, 0) is 19.5 Å². The molecular weight excluding hydrogens is 318 g/mol. The zero-order chi connectivity index (χ0) is 17.4. The minimum atomic E-state index is -0.108. The molecule has 6 nitrogen and oxygen atoms in total. The number of aromatic nitrogens is 2. The Balaban J connectivity index is 1.57. The van der Waals surface area contributed by atoms with Gasteiger partial charge in [-0.05, 0) is 36.2 Å². The van der Waals surface area contributed by atoms with Gasteiger partial charge in [0, 0.05) is 26.1 Å². The summed E-state index contributed by atoms with van der Waals surface area (Å²) in [7, 11) is 0. The first-order valence-electron chi connectivity index (χ1n) is 8.27. The number of aryl methyl sites for hydroxylation is 1. The summed E-state index contributed by atoms with van der Waals surface area (Å²) >= 11 is 0. The molecule has 0 saturated heterocycles. The molecule has 0 bridgehead atoms. The molecule has 0 fully saturated rings. The van der Waals surface area contributed by atoms with Crippen LogP contribution in [0.5, 0.6) is 5.75 Å². The molecule has 2 N–H and O–H groups in total. The van der Waals surface area contributed by atoms with Crippen LogP contribution in [0.3, 0.4) is 0 Å². The van der Waals surface area contributed by atoms with Gasteiger partial charge in [-0.25, -0.2) is 4.98 Å². The van der Waals surface area contributed by atoms with E-state index < -0.39 is 0 Å². The number of aromatic hydroxyl groups is 1. The minimum absolute atomic E-state index is 0.108. The standard InChI is InChI=1S/C19H19N3O3/c1-12-9-13(4-5-16(12)23)10-22-7-6-15-14(11-22)19(24)21-18(20-15)17-3-2-8-25-17/h2-5,8-9,23H,6-7,10-11H2,1H3,(H,20,21,24). The molecule has 3 heterocycles. The van der Waals surface area contributed by atoms with Crippen molar-refractivity contribution in [1.29, 1.82) is 0 Å². The Hall–Kier alpha value is -2.86. The van der Waals surface area contributed by atoms with Gasteiger partial charge in [-0.2, -0.15) is 0 Å². The summed E-state index contributed by atoms with van der Waals surface area (Å²) in [6.45, 7) is 4.02. The fourth-order valence-electron chi connectivity index (χ4n) is 3.22. The lowest BCUT2D eigenvalue weighted by Crippen LogP contribution is -2.35. The van der Waals surface area contributed by atoms with Crippen molar-refractivity contribution in [3.8, 4) is 17.3 Å². The van der Waals surface area contributed by atoms with Crippen molar-refractivity contribution >= 4 is 0 Å². The molecule has 0 aliphatic carbocycles. The molecule has 25 heavy (non-hydrogen) atoms. The molecule has 0 atom stereocenters. The molecule has 0 saturated carbocycles. The molecule has 0 spiro atoms. The maximum Gasteiger partial charge on any atom is 0.256 e. The van der Waals surface area contributed by atoms with Crippen LogP contribution in [0.4, 0.5) is 0 Å². The smallest absolute Gasteiger partial charge is 0.256 e. The van der Waals surface area contributed by atoms with Crippen molar-refractivity contribution in [2.75, 3.05) is 6.54 Å². The van der Waals surface area contributed by atoms with E-state index in [1.807, 2.05) is 19.1 Å². The summed E-state index contributed by atoms with van der Waals surface area (Å²) < 4.78 is 5.32. The van der Waals surface area contributed by atoms with E-state index in [1.54, 1.807) is 24.5 Å². The number of phenols is 1. The number of nitrogens with zero attached hydrogens (tertiary/aromatic N) is 2. The fourth-order valence-corrected chi connectivity index (χ4v) is 3.22. The molecule has 2 aromatic heterocycles. The summed E-state index contributed by atoms with van der Waals surface area (Å²) in [6.07, 6.45) is 2.29. The Bertz CT molecular complexity index is 961. The van der Waals surface area contributed by atoms with Crippen molar-refractivity contribution in [2.45, 2.75) is 26.4 Å². The molecule has 4 rings (SSSR count). The zero-order valence-corrected chi connectivity index (χ0v) is 14.0. The molecule has 0 radical (unpaired) electrons. The Labute approximate surface area is 144 Å². The lowest BCUT2D eigenvalue weighted by atomic mass is 10.0. The second-order valence-electron chi connectivity index (χ2n) is 6.40. The lowest BCUT2D eigenvalue weighted by Gasteiger charge is -2.27. The van der Waals surface area contributed by atoms with Crippen LogP contribution in [0.25, 0.3) is 11.6 Å². The average molecular weight is 337 g/mol. The van der Waals surface area contributed by atoms with E-state index in [1.165, 1.54) is 0 Å². The second kappa shape index (κ2) is 6.22. The van der Waals surface area contributed by atoms with Crippen LogP contribution in [0.2, 0.25) is 0 Å². The van der Waals surface area contributed by atoms with Crippen molar-refractivity contribution in [2.24, 2.45) is 0 Å². The van der Waals surface area contributed by atoms with E-state index in [2.05, 4.69) is 14.9 Å². The first-order valence-corrected chi connectivity index (χ1v) is 8.27. The maximum absolute atomic E-state index is 12.5. The van der Waals surface area contributed by atoms with Gasteiger partial charge >= 0.3 is 0 Å². The van der Waals surface area contributed by atoms with Crippen LogP contribution in [0.1, 0.15) is 22.4 Å². The van der Waals surface area contributed by atoms with E-state index in [9.17, 15) is 9.90 Å². The summed E-state index contributed by atoms with van der Waals surface area (Å²) in [5, 5.41) is 9.65. The van der Waals surface area contributed by atoms with Crippen LogP contribution < -0.4 is 5.56 Å². The number of fused-ring (bicyclic) bond motifs is 1. The van der Waals surface area contributed by atoms with Gasteiger partial charge in [-0.3, -0.25) is 9.69 Å². The van der Waals surface area contributed by atoms with Gasteiger partial charge in [0.2, 0.25) is 0 Å². The third-order valence-electron chi connectivity index (χ3n) is 4.57. The van der Waals surface area contributed by atoms with Crippen LogP contribution in [0, 0.1) is 6.92 Å². The largest absolute Gasteiger partial charge is 0.508 e. The van der Waals surface area contributed by atoms with Crippen LogP contribution in [0.15, 0.2) is 45.8 Å². The highest BCUT2D eigenvalue weighted by Crippen LogP contribution is 2.22. The Morgan fingerprint density at radius 2 is 2.24 bits per heavy atom. The van der Waals surface area contributed by atoms with Gasteiger partial charge in [0.1, 0.15) is 5.75 Å². The van der Waals surface area contributed by atoms with Crippen LogP contribution in [-0.4, -0.2) is 26.5 Å². The summed E-state index contributed by atoms with van der Waals surface area (Å²) in [5.41, 5.74) is 3.43. The first kappa shape index (κ1) is 15.7. The van der Waals surface area contributed by atoms with Crippen LogP contribution >= 0.6 is 0 Å². The average Bonchev–Trinajstić information content (AvgIpc) is 3.13. The van der Waals surface area contributed by atoms with Gasteiger partial charge in [0.25, 0.3) is 5.56 Å². The van der Waals surface area contributed by atoms with E-state index in [0.29, 0.717) is 23.9 Å². The predicted octanol–water partition coefficient (Wildman–Crippen LogP) is 2.60. The van der Waals surface area contributed by atoms with E-state index >= 15 is 0 Å². The number of nitrogens with one attached hydrogen (secondary N) is 1. The third-order valence-corrected chi connectivity index (χ3v) is 4.57. The highest BCUT2D eigenvalue weighted by Gasteiger charge is 2.22. The van der Waals surface area contributed by atoms with Gasteiger partial charge in [0.05, 0.1) is 17.5 Å². The molecule has 128 valence electrons. The molecule has 6 heteroatoms. The van der Waals surface area contributed by atoms with E-state index in [-0.39, 0.29) is 5.56 Å². The van der Waals surface area contributed by atoms with Gasteiger partial charge in [0.15, 0.2) is 11.6 Å². The minimum Gasteiger partial charge on any atom is -0.508 e. The fraction of sp³-hybridized carbons (Fsp3) is 0.263. The number of furan rings is 1. The summed E-state index contributed by atoms with van der Waals surface area (Å²) in [4.78, 5) is 22.1. The topological polar surface area (TPSA) is 82.4 Å². The molecule has 1 aliphatic heterocycles. The van der Waals surface area contributed by atoms with Crippen molar-refractivity contribution in [1.82, 2.24) is 14.9 Å². The highest BCUT2D eigenvalue weighted by atomic mass is 16.3. The second-order valence-corrected chi connectivity index (χ2v) is 6.40. The molecule has 1 aliphatic rings. The summed E-state index contributed by atoms with van der Waals surface area (Å²) in [6, 6.07) is 9.17. The third kappa shape index (κ3) is 3.08. The molecular formula is C19H19N3O3. The van der Waals surface area contributed by atoms with Gasteiger partial charge in [-0.15, -0.1) is 0 Å². The monoisotopic (exact) mass is 337 g/mol. The number of hydrogen-bond donors (Lipinski definition) is 2. The first-order chi connectivity index (χ1) is 12.1. The van der Waals surface area contributed by atoms with E-state index in [0.717, 1.165) is 41.9 Å². The Kier molecular flexibility index (Phi) is 3.89. The van der Waals surface area contributed by atoms with Crippen molar-refractivity contribution in [3.05, 3.63) is 69.3 Å². The SMILES string of the molecule is Cc1cc(CN2CCc3nc(-c4ccco4)[nH]c(=O)c3C2)ccc1O. The van der Waals surface area contributed by atoms with Gasteiger partial charge in [-0.1, -0.05) is 12.1 Å². The summed E-state index contributed by atoms with van der Waals surface area (Å²) in [5.74, 6) is 1.36. The Morgan fingerprint density at radius 1 is 1.36 bits per heavy atom. The number of benzene rings is 1. The molecule has 3 aromatic rings. The number of rotatable bonds is 3. The number of aromatic amines is 1. The normalized spacial score (nSPS) is 14.4. The maximum atomic E-state index is 12.5. The number of phenolic OH excluding ortho intramolecular Hbond substituents is 1. The Morgan fingerprint density at radius 3 is 3.00 bits per heavy atom. The molecule has 0 amide bonds. The van der Waals surface area contributed by atoms with Gasteiger partial charge < -0.3 is 14.5 Å². The lowest BCUT2D eigenvalue weighted by molar-refractivity contribution is 0.241. The quantitative estimate of drug-likeness (QED) is 0.768. The van der Waals surface area contributed by atoms with E-state index in [4.69, 9.17) is 4.42 Å². The molecule has 1 aromatic carbocycles. The van der Waals surface area contributed by atoms with Crippen molar-refractivity contribution < 1.29 is 9.52 Å². The zero-order valence-electron chi connectivity index (χ0n) is 14.0. The van der Waals surface area contributed by atoms with Crippen molar-refractivity contribution in [3.63, 3.8) is 0 Å².